The first-order valence-corrected chi connectivity index (χ1v) is 13.1. The standard InChI is InChI=1S/C28H34N4O4/c1-5-31-25(34)20-19-13-12-18-22(16-8-10-17(11-9-16)28(2,3)4)30-36-27(18)32(19)23(21(20)26(31)35)24(33)29-14-15-6-7-15/h8-13,15,18-21,23,27H,5-7,14H2,1-4H3,(H,29,33)/t18-,19?,20+,21+,23+,27+/m1/s1. The second-order valence-electron chi connectivity index (χ2n) is 11.8. The van der Waals surface area contributed by atoms with Crippen molar-refractivity contribution in [3.63, 3.8) is 0 Å². The van der Waals surface area contributed by atoms with E-state index in [2.05, 4.69) is 55.5 Å². The SMILES string of the molecule is CCN1C(=O)[C@@H]2[C@@H](C(=O)NCC3CC3)N3C(C=C[C@@H]4C(c5ccc(C(C)(C)C)cc5)=NO[C@@H]43)[C@@H]2C1=O. The number of benzene rings is 1. The van der Waals surface area contributed by atoms with E-state index in [1.54, 1.807) is 6.92 Å². The van der Waals surface area contributed by atoms with Crippen molar-refractivity contribution in [2.75, 3.05) is 13.1 Å². The minimum atomic E-state index is -0.762. The van der Waals surface area contributed by atoms with Gasteiger partial charge in [-0.15, -0.1) is 0 Å². The number of hydrogen-bond donors (Lipinski definition) is 1. The highest BCUT2D eigenvalue weighted by molar-refractivity contribution is 6.09. The molecule has 4 aliphatic heterocycles. The average Bonchev–Trinajstić information content (AvgIpc) is 3.39. The van der Waals surface area contributed by atoms with Gasteiger partial charge in [0.1, 0.15) is 6.04 Å². The van der Waals surface area contributed by atoms with Crippen LogP contribution in [0.3, 0.4) is 0 Å². The molecule has 1 N–H and O–H groups in total. The molecule has 36 heavy (non-hydrogen) atoms. The van der Waals surface area contributed by atoms with E-state index in [0.29, 0.717) is 19.0 Å². The lowest BCUT2D eigenvalue weighted by atomic mass is 9.84. The number of amides is 3. The fourth-order valence-electron chi connectivity index (χ4n) is 6.27. The number of nitrogens with zero attached hydrogens (tertiary/aromatic N) is 3. The van der Waals surface area contributed by atoms with Crippen molar-refractivity contribution in [2.45, 2.75) is 64.3 Å². The highest BCUT2D eigenvalue weighted by Crippen LogP contribution is 2.48. The van der Waals surface area contributed by atoms with Crippen LogP contribution >= 0.6 is 0 Å². The van der Waals surface area contributed by atoms with Crippen LogP contribution in [-0.2, 0) is 24.6 Å². The zero-order valence-corrected chi connectivity index (χ0v) is 21.3. The zero-order chi connectivity index (χ0) is 25.4. The van der Waals surface area contributed by atoms with Crippen LogP contribution in [0.15, 0.2) is 41.6 Å². The second-order valence-corrected chi connectivity index (χ2v) is 11.8. The highest BCUT2D eigenvalue weighted by Gasteiger charge is 2.66. The monoisotopic (exact) mass is 490 g/mol. The van der Waals surface area contributed by atoms with E-state index in [1.807, 2.05) is 17.1 Å². The molecular formula is C28H34N4O4. The topological polar surface area (TPSA) is 91.3 Å². The Morgan fingerprint density at radius 3 is 2.42 bits per heavy atom. The Morgan fingerprint density at radius 2 is 1.78 bits per heavy atom. The molecule has 1 aromatic rings. The van der Waals surface area contributed by atoms with Crippen LogP contribution in [0.4, 0.5) is 0 Å². The van der Waals surface area contributed by atoms with Crippen LogP contribution in [0.2, 0.25) is 0 Å². The minimum Gasteiger partial charge on any atom is -0.375 e. The lowest BCUT2D eigenvalue weighted by Crippen LogP contribution is -2.57. The molecule has 3 amide bonds. The molecule has 0 aromatic heterocycles. The maximum Gasteiger partial charge on any atom is 0.238 e. The van der Waals surface area contributed by atoms with Crippen LogP contribution in [0.5, 0.6) is 0 Å². The number of carbonyl (C=O) groups is 3. The largest absolute Gasteiger partial charge is 0.375 e. The number of imide groups is 1. The van der Waals surface area contributed by atoms with Gasteiger partial charge in [0.25, 0.3) is 0 Å². The van der Waals surface area contributed by atoms with Crippen molar-refractivity contribution < 1.29 is 19.2 Å². The van der Waals surface area contributed by atoms with Gasteiger partial charge in [-0.3, -0.25) is 19.3 Å². The van der Waals surface area contributed by atoms with E-state index in [4.69, 9.17) is 4.84 Å². The minimum absolute atomic E-state index is 0.0485. The first-order valence-electron chi connectivity index (χ1n) is 13.1. The Morgan fingerprint density at radius 1 is 1.08 bits per heavy atom. The molecule has 1 aliphatic carbocycles. The predicted octanol–water partition coefficient (Wildman–Crippen LogP) is 2.43. The molecule has 4 heterocycles. The van der Waals surface area contributed by atoms with Gasteiger partial charge in [-0.25, -0.2) is 4.90 Å². The van der Waals surface area contributed by atoms with Crippen LogP contribution in [-0.4, -0.2) is 64.6 Å². The Hall–Kier alpha value is -3.00. The predicted molar refractivity (Wildman–Crippen MR) is 134 cm³/mol. The molecular weight excluding hydrogens is 456 g/mol. The van der Waals surface area contributed by atoms with Crippen LogP contribution in [0.1, 0.15) is 51.7 Å². The van der Waals surface area contributed by atoms with Gasteiger partial charge in [0.05, 0.1) is 23.5 Å². The van der Waals surface area contributed by atoms with Gasteiger partial charge in [0.2, 0.25) is 17.7 Å². The first-order chi connectivity index (χ1) is 17.2. The third-order valence-corrected chi connectivity index (χ3v) is 8.45. The van der Waals surface area contributed by atoms with E-state index in [-0.39, 0.29) is 35.1 Å². The lowest BCUT2D eigenvalue weighted by molar-refractivity contribution is -0.148. The van der Waals surface area contributed by atoms with Crippen molar-refractivity contribution >= 4 is 23.4 Å². The zero-order valence-electron chi connectivity index (χ0n) is 21.3. The summed E-state index contributed by atoms with van der Waals surface area (Å²) in [5.74, 6) is -1.60. The number of carbonyl (C=O) groups excluding carboxylic acids is 3. The van der Waals surface area contributed by atoms with Gasteiger partial charge in [0.15, 0.2) is 6.23 Å². The molecule has 6 atom stereocenters. The summed E-state index contributed by atoms with van der Waals surface area (Å²) in [4.78, 5) is 49.4. The van der Waals surface area contributed by atoms with Crippen LogP contribution < -0.4 is 5.32 Å². The molecule has 5 aliphatic rings. The Kier molecular flexibility index (Phi) is 5.37. The van der Waals surface area contributed by atoms with Crippen LogP contribution in [0.25, 0.3) is 0 Å². The van der Waals surface area contributed by atoms with Gasteiger partial charge >= 0.3 is 0 Å². The Balaban J connectivity index is 1.32. The van der Waals surface area contributed by atoms with Crippen LogP contribution in [0, 0.1) is 23.7 Å². The van der Waals surface area contributed by atoms with Crippen molar-refractivity contribution in [3.05, 3.63) is 47.5 Å². The fraction of sp³-hybridized carbons (Fsp3) is 0.571. The Bertz CT molecular complexity index is 1160. The maximum atomic E-state index is 13.5. The van der Waals surface area contributed by atoms with Gasteiger partial charge < -0.3 is 10.2 Å². The lowest BCUT2D eigenvalue weighted by Gasteiger charge is -2.38. The van der Waals surface area contributed by atoms with E-state index in [0.717, 1.165) is 24.1 Å². The third-order valence-electron chi connectivity index (χ3n) is 8.45. The number of nitrogens with one attached hydrogen (secondary N) is 1. The summed E-state index contributed by atoms with van der Waals surface area (Å²) < 4.78 is 0. The molecule has 1 aromatic carbocycles. The quantitative estimate of drug-likeness (QED) is 0.506. The number of oxime groups is 1. The highest BCUT2D eigenvalue weighted by atomic mass is 16.7. The summed E-state index contributed by atoms with van der Waals surface area (Å²) >= 11 is 0. The van der Waals surface area contributed by atoms with Gasteiger partial charge in [-0.05, 0) is 36.7 Å². The van der Waals surface area contributed by atoms with E-state index in [9.17, 15) is 14.4 Å². The van der Waals surface area contributed by atoms with E-state index in [1.165, 1.54) is 10.5 Å². The summed E-state index contributed by atoms with van der Waals surface area (Å²) in [5.41, 5.74) is 3.06. The molecule has 3 fully saturated rings. The number of hydrogen-bond acceptors (Lipinski definition) is 6. The second kappa shape index (κ2) is 8.26. The van der Waals surface area contributed by atoms with Gasteiger partial charge in [-0.2, -0.15) is 0 Å². The smallest absolute Gasteiger partial charge is 0.238 e. The van der Waals surface area contributed by atoms with E-state index >= 15 is 0 Å². The molecule has 0 radical (unpaired) electrons. The maximum absolute atomic E-state index is 13.5. The van der Waals surface area contributed by atoms with Crippen molar-refractivity contribution in [2.24, 2.45) is 28.8 Å². The number of fused-ring (bicyclic) bond motifs is 5. The molecule has 1 saturated carbocycles. The van der Waals surface area contributed by atoms with Crippen molar-refractivity contribution in [1.29, 1.82) is 0 Å². The molecule has 8 nitrogen and oxygen atoms in total. The molecule has 0 spiro atoms. The summed E-state index contributed by atoms with van der Waals surface area (Å²) in [5, 5.41) is 7.52. The van der Waals surface area contributed by atoms with E-state index < -0.39 is 24.1 Å². The normalized spacial score (nSPS) is 33.2. The molecule has 2 saturated heterocycles. The average molecular weight is 491 g/mol. The molecule has 6 rings (SSSR count). The third kappa shape index (κ3) is 3.52. The number of likely N-dealkylation sites (tertiary alicyclic amines) is 1. The van der Waals surface area contributed by atoms with Gasteiger partial charge in [-0.1, -0.05) is 62.3 Å². The fourth-order valence-corrected chi connectivity index (χ4v) is 6.27. The summed E-state index contributed by atoms with van der Waals surface area (Å²) in [6.45, 7) is 9.27. The van der Waals surface area contributed by atoms with Gasteiger partial charge in [0, 0.05) is 24.7 Å². The first kappa shape index (κ1) is 23.4. The Labute approximate surface area is 211 Å². The molecule has 1 unspecified atom stereocenters. The van der Waals surface area contributed by atoms with Crippen molar-refractivity contribution in [3.8, 4) is 0 Å². The molecule has 8 heteroatoms. The summed E-state index contributed by atoms with van der Waals surface area (Å²) in [7, 11) is 0. The summed E-state index contributed by atoms with van der Waals surface area (Å²) in [6.07, 6.45) is 5.74. The number of rotatable bonds is 5. The van der Waals surface area contributed by atoms with Crippen molar-refractivity contribution in [1.82, 2.24) is 15.1 Å². The molecule has 0 bridgehead atoms. The summed E-state index contributed by atoms with van der Waals surface area (Å²) in [6, 6.07) is 7.23. The molecule has 190 valence electrons.